The lowest BCUT2D eigenvalue weighted by Crippen LogP contribution is -2.42. The van der Waals surface area contributed by atoms with Crippen molar-refractivity contribution in [3.8, 4) is 5.75 Å². The van der Waals surface area contributed by atoms with Crippen molar-refractivity contribution in [2.45, 2.75) is 57.9 Å². The van der Waals surface area contributed by atoms with Gasteiger partial charge in [-0.25, -0.2) is 9.59 Å². The van der Waals surface area contributed by atoms with Crippen molar-refractivity contribution in [2.24, 2.45) is 0 Å². The molecule has 1 aliphatic rings. The standard InChI is InChI=1S/C30H36F3N3O5/c1-5-6-15-41-29(38)36-13-11-22-23(25(39-3)16-19(2)27(22)36)18-35-14-12-34-26(30(31,32)33)17-24(35)20-7-9-21(10-8-20)28(37)40-4/h7-11,13,16,24,26,34H,5-6,12,14-15,17-18H2,1-4H3. The maximum absolute atomic E-state index is 13.9. The quantitative estimate of drug-likeness (QED) is 0.261. The molecule has 0 amide bonds. The number of ether oxygens (including phenoxy) is 3. The van der Waals surface area contributed by atoms with Crippen LogP contribution in [0.4, 0.5) is 18.0 Å². The fourth-order valence-electron chi connectivity index (χ4n) is 5.38. The van der Waals surface area contributed by atoms with Gasteiger partial charge >= 0.3 is 18.2 Å². The van der Waals surface area contributed by atoms with Gasteiger partial charge in [-0.05, 0) is 55.2 Å². The Morgan fingerprint density at radius 2 is 1.85 bits per heavy atom. The minimum absolute atomic E-state index is 0.128. The molecule has 1 saturated heterocycles. The van der Waals surface area contributed by atoms with Crippen molar-refractivity contribution < 1.29 is 37.0 Å². The second kappa shape index (κ2) is 12.9. The number of aromatic nitrogens is 1. The molecule has 0 bridgehead atoms. The van der Waals surface area contributed by atoms with Gasteiger partial charge in [0.15, 0.2) is 0 Å². The average Bonchev–Trinajstić information content (AvgIpc) is 3.29. The molecule has 11 heteroatoms. The molecule has 2 aromatic carbocycles. The number of hydrogen-bond donors (Lipinski definition) is 1. The summed E-state index contributed by atoms with van der Waals surface area (Å²) < 4.78 is 59.2. The highest BCUT2D eigenvalue weighted by atomic mass is 19.4. The van der Waals surface area contributed by atoms with E-state index >= 15 is 0 Å². The Morgan fingerprint density at radius 3 is 2.49 bits per heavy atom. The number of carbonyl (C=O) groups excluding carboxylic acids is 2. The molecule has 41 heavy (non-hydrogen) atoms. The van der Waals surface area contributed by atoms with E-state index in [0.29, 0.717) is 35.5 Å². The first kappa shape index (κ1) is 30.4. The van der Waals surface area contributed by atoms with E-state index in [1.807, 2.05) is 30.9 Å². The molecular formula is C30H36F3N3O5. The molecule has 1 aliphatic heterocycles. The van der Waals surface area contributed by atoms with E-state index in [4.69, 9.17) is 14.2 Å². The average molecular weight is 576 g/mol. The number of methoxy groups -OCH3 is 2. The maximum atomic E-state index is 13.9. The Bertz CT molecular complexity index is 1370. The lowest BCUT2D eigenvalue weighted by atomic mass is 9.95. The number of fused-ring (bicyclic) bond motifs is 1. The number of benzene rings is 2. The number of carbonyl (C=O) groups is 2. The fourth-order valence-corrected chi connectivity index (χ4v) is 5.38. The van der Waals surface area contributed by atoms with E-state index in [-0.39, 0.29) is 19.5 Å². The zero-order valence-corrected chi connectivity index (χ0v) is 23.7. The Balaban J connectivity index is 1.75. The minimum atomic E-state index is -4.43. The zero-order valence-electron chi connectivity index (χ0n) is 23.7. The number of esters is 1. The topological polar surface area (TPSA) is 82.0 Å². The van der Waals surface area contributed by atoms with Gasteiger partial charge in [-0.15, -0.1) is 0 Å². The summed E-state index contributed by atoms with van der Waals surface area (Å²) in [6.45, 7) is 4.92. The monoisotopic (exact) mass is 575 g/mol. The highest BCUT2D eigenvalue weighted by molar-refractivity contribution is 5.95. The number of hydrogen-bond acceptors (Lipinski definition) is 7. The maximum Gasteiger partial charge on any atom is 0.418 e. The van der Waals surface area contributed by atoms with Gasteiger partial charge in [0, 0.05) is 42.8 Å². The molecule has 1 N–H and O–H groups in total. The van der Waals surface area contributed by atoms with E-state index in [2.05, 4.69) is 5.32 Å². The lowest BCUT2D eigenvalue weighted by Gasteiger charge is -2.32. The van der Waals surface area contributed by atoms with Crippen molar-refractivity contribution in [1.29, 1.82) is 0 Å². The van der Waals surface area contributed by atoms with E-state index in [0.717, 1.165) is 29.4 Å². The highest BCUT2D eigenvalue weighted by Crippen LogP contribution is 2.38. The third-order valence-corrected chi connectivity index (χ3v) is 7.53. The van der Waals surface area contributed by atoms with Gasteiger partial charge in [-0.3, -0.25) is 9.47 Å². The summed E-state index contributed by atoms with van der Waals surface area (Å²) in [5.41, 5.74) is 3.20. The van der Waals surface area contributed by atoms with Gasteiger partial charge < -0.3 is 19.5 Å². The molecule has 0 saturated carbocycles. The van der Waals surface area contributed by atoms with Gasteiger partial charge in [-0.2, -0.15) is 13.2 Å². The van der Waals surface area contributed by atoms with E-state index in [9.17, 15) is 22.8 Å². The van der Waals surface area contributed by atoms with Crippen molar-refractivity contribution in [3.05, 3.63) is 64.8 Å². The van der Waals surface area contributed by atoms with Gasteiger partial charge in [-0.1, -0.05) is 25.5 Å². The van der Waals surface area contributed by atoms with Crippen LogP contribution in [0.15, 0.2) is 42.6 Å². The minimum Gasteiger partial charge on any atom is -0.496 e. The van der Waals surface area contributed by atoms with Gasteiger partial charge in [0.2, 0.25) is 0 Å². The molecule has 3 aromatic rings. The summed E-state index contributed by atoms with van der Waals surface area (Å²) in [6, 6.07) is 7.81. The van der Waals surface area contributed by atoms with Crippen LogP contribution in [0.5, 0.6) is 5.75 Å². The molecule has 8 nitrogen and oxygen atoms in total. The predicted octanol–water partition coefficient (Wildman–Crippen LogP) is 6.00. The van der Waals surface area contributed by atoms with Gasteiger partial charge in [0.05, 0.1) is 31.9 Å². The lowest BCUT2D eigenvalue weighted by molar-refractivity contribution is -0.158. The second-order valence-electron chi connectivity index (χ2n) is 10.2. The van der Waals surface area contributed by atoms with Crippen molar-refractivity contribution in [2.75, 3.05) is 33.9 Å². The summed E-state index contributed by atoms with van der Waals surface area (Å²) in [5, 5.41) is 3.42. The first-order valence-corrected chi connectivity index (χ1v) is 13.7. The normalized spacial score (nSPS) is 18.2. The second-order valence-corrected chi connectivity index (χ2v) is 10.2. The van der Waals surface area contributed by atoms with Gasteiger partial charge in [0.25, 0.3) is 0 Å². The number of halogens is 3. The van der Waals surface area contributed by atoms with Crippen LogP contribution in [0.2, 0.25) is 0 Å². The molecular weight excluding hydrogens is 539 g/mol. The highest BCUT2D eigenvalue weighted by Gasteiger charge is 2.43. The molecule has 0 radical (unpaired) electrons. The largest absolute Gasteiger partial charge is 0.496 e. The van der Waals surface area contributed by atoms with Crippen molar-refractivity contribution in [3.63, 3.8) is 0 Å². The molecule has 0 spiro atoms. The van der Waals surface area contributed by atoms with E-state index < -0.39 is 30.3 Å². The summed E-state index contributed by atoms with van der Waals surface area (Å²) in [5.74, 6) is 0.0603. The van der Waals surface area contributed by atoms with Gasteiger partial charge in [0.1, 0.15) is 11.8 Å². The number of unbranched alkanes of at least 4 members (excludes halogenated alkanes) is 1. The number of alkyl halides is 3. The molecule has 2 unspecified atom stereocenters. The third kappa shape index (κ3) is 6.68. The van der Waals surface area contributed by atoms with E-state index in [1.54, 1.807) is 37.6 Å². The Kier molecular flexibility index (Phi) is 9.60. The number of rotatable bonds is 8. The Morgan fingerprint density at radius 1 is 1.12 bits per heavy atom. The molecule has 1 fully saturated rings. The van der Waals surface area contributed by atoms with Crippen LogP contribution in [-0.2, 0) is 16.0 Å². The molecule has 1 aromatic heterocycles. The molecule has 222 valence electrons. The first-order chi connectivity index (χ1) is 19.6. The molecule has 0 aliphatic carbocycles. The summed E-state index contributed by atoms with van der Waals surface area (Å²) in [4.78, 5) is 26.8. The fraction of sp³-hybridized carbons (Fsp3) is 0.467. The van der Waals surface area contributed by atoms with Crippen molar-refractivity contribution >= 4 is 23.0 Å². The first-order valence-electron chi connectivity index (χ1n) is 13.7. The smallest absolute Gasteiger partial charge is 0.418 e. The molecule has 2 atom stereocenters. The predicted molar refractivity (Wildman–Crippen MR) is 148 cm³/mol. The Labute approximate surface area is 237 Å². The summed E-state index contributed by atoms with van der Waals surface area (Å²) >= 11 is 0. The molecule has 2 heterocycles. The Hall–Kier alpha value is -3.57. The SMILES string of the molecule is CCCCOC(=O)n1ccc2c(CN3CCNC(C(F)(F)F)CC3c3ccc(C(=O)OC)cc3)c(OC)cc(C)c21. The van der Waals surface area contributed by atoms with E-state index in [1.165, 1.54) is 11.7 Å². The summed E-state index contributed by atoms with van der Waals surface area (Å²) in [6.07, 6.45) is -1.82. The zero-order chi connectivity index (χ0) is 29.7. The van der Waals surface area contributed by atoms with Crippen molar-refractivity contribution in [1.82, 2.24) is 14.8 Å². The van der Waals surface area contributed by atoms with Crippen LogP contribution in [0.1, 0.15) is 59.3 Å². The molecule has 4 rings (SSSR count). The van der Waals surface area contributed by atoms with Crippen LogP contribution in [-0.4, -0.2) is 67.7 Å². The van der Waals surface area contributed by atoms with Crippen LogP contribution < -0.4 is 10.1 Å². The van der Waals surface area contributed by atoms with Crippen LogP contribution >= 0.6 is 0 Å². The van der Waals surface area contributed by atoms with Crippen LogP contribution in [0, 0.1) is 6.92 Å². The summed E-state index contributed by atoms with van der Waals surface area (Å²) in [7, 11) is 2.82. The number of aryl methyl sites for hydroxylation is 1. The van der Waals surface area contributed by atoms with Crippen LogP contribution in [0.25, 0.3) is 10.9 Å². The van der Waals surface area contributed by atoms with Crippen LogP contribution in [0.3, 0.4) is 0 Å². The number of nitrogens with one attached hydrogen (secondary N) is 1. The number of nitrogens with zero attached hydrogens (tertiary/aromatic N) is 2. The third-order valence-electron chi connectivity index (χ3n) is 7.53.